The van der Waals surface area contributed by atoms with Gasteiger partial charge in [-0.2, -0.15) is 0 Å². The number of hydrogen-bond acceptors (Lipinski definition) is 4. The summed E-state index contributed by atoms with van der Waals surface area (Å²) in [6, 6.07) is 8.30. The van der Waals surface area contributed by atoms with E-state index in [2.05, 4.69) is 65.9 Å². The lowest BCUT2D eigenvalue weighted by molar-refractivity contribution is -0.120. The Bertz CT molecular complexity index is 645. The van der Waals surface area contributed by atoms with Crippen molar-refractivity contribution in [2.24, 2.45) is 10.9 Å². The van der Waals surface area contributed by atoms with Crippen molar-refractivity contribution in [3.8, 4) is 0 Å². The first-order valence-corrected chi connectivity index (χ1v) is 10.8. The predicted octanol–water partition coefficient (Wildman–Crippen LogP) is 2.13. The highest BCUT2D eigenvalue weighted by molar-refractivity contribution is 5.82. The summed E-state index contributed by atoms with van der Waals surface area (Å²) in [7, 11) is 0. The van der Waals surface area contributed by atoms with Crippen LogP contribution in [-0.2, 0) is 16.1 Å². The fourth-order valence-corrected chi connectivity index (χ4v) is 3.34. The van der Waals surface area contributed by atoms with E-state index in [1.807, 2.05) is 6.92 Å². The minimum atomic E-state index is 0.0790. The topological polar surface area (TPSA) is 78.0 Å². The molecular formula is C22H37N5O2. The molecule has 7 heteroatoms. The zero-order valence-corrected chi connectivity index (χ0v) is 18.3. The molecule has 162 valence electrons. The molecule has 29 heavy (non-hydrogen) atoms. The molecule has 0 aliphatic carbocycles. The van der Waals surface area contributed by atoms with E-state index in [1.54, 1.807) is 0 Å². The molecule has 3 N–H and O–H groups in total. The summed E-state index contributed by atoms with van der Waals surface area (Å²) in [6.07, 6.45) is 1.22. The number of carbonyl (C=O) groups is 1. The van der Waals surface area contributed by atoms with E-state index in [4.69, 9.17) is 9.73 Å². The zero-order valence-electron chi connectivity index (χ0n) is 18.3. The van der Waals surface area contributed by atoms with E-state index in [-0.39, 0.29) is 12.0 Å². The maximum absolute atomic E-state index is 11.6. The highest BCUT2D eigenvalue weighted by atomic mass is 16.5. The van der Waals surface area contributed by atoms with Gasteiger partial charge in [0.2, 0.25) is 5.91 Å². The third kappa shape index (κ3) is 7.93. The van der Waals surface area contributed by atoms with Gasteiger partial charge in [-0.1, -0.05) is 26.0 Å². The van der Waals surface area contributed by atoms with E-state index in [9.17, 15) is 4.79 Å². The van der Waals surface area contributed by atoms with Crippen LogP contribution in [0.2, 0.25) is 0 Å². The molecule has 0 bridgehead atoms. The van der Waals surface area contributed by atoms with Crippen LogP contribution in [0.25, 0.3) is 0 Å². The number of anilines is 1. The average molecular weight is 404 g/mol. The fourth-order valence-electron chi connectivity index (χ4n) is 3.34. The molecule has 1 saturated heterocycles. The van der Waals surface area contributed by atoms with Gasteiger partial charge in [-0.15, -0.1) is 0 Å². The highest BCUT2D eigenvalue weighted by Gasteiger charge is 2.16. The van der Waals surface area contributed by atoms with E-state index >= 15 is 0 Å². The number of carbonyl (C=O) groups excluding carboxylic acids is 1. The molecule has 1 aromatic carbocycles. The first-order chi connectivity index (χ1) is 14.0. The molecule has 0 spiro atoms. The molecule has 1 amide bonds. The Kier molecular flexibility index (Phi) is 9.77. The second-order valence-corrected chi connectivity index (χ2v) is 7.59. The van der Waals surface area contributed by atoms with Crippen molar-refractivity contribution >= 4 is 17.6 Å². The van der Waals surface area contributed by atoms with Crippen LogP contribution in [0.1, 0.15) is 39.7 Å². The average Bonchev–Trinajstić information content (AvgIpc) is 2.71. The Morgan fingerprint density at radius 2 is 2.00 bits per heavy atom. The zero-order chi connectivity index (χ0) is 21.1. The molecule has 1 aromatic rings. The smallest absolute Gasteiger partial charge is 0.239 e. The van der Waals surface area contributed by atoms with Gasteiger partial charge in [0, 0.05) is 38.5 Å². The third-order valence-corrected chi connectivity index (χ3v) is 4.95. The molecular weight excluding hydrogens is 366 g/mol. The number of rotatable bonds is 10. The maximum Gasteiger partial charge on any atom is 0.239 e. The number of guanidine groups is 1. The molecule has 0 radical (unpaired) electrons. The molecule has 1 fully saturated rings. The van der Waals surface area contributed by atoms with Crippen molar-refractivity contribution in [1.29, 1.82) is 0 Å². The lowest BCUT2D eigenvalue weighted by Crippen LogP contribution is -2.47. The summed E-state index contributed by atoms with van der Waals surface area (Å²) in [6.45, 7) is 13.5. The summed E-state index contributed by atoms with van der Waals surface area (Å²) in [5.41, 5.74) is 2.22. The van der Waals surface area contributed by atoms with E-state index in [0.29, 0.717) is 25.6 Å². The van der Waals surface area contributed by atoms with Crippen LogP contribution in [0.5, 0.6) is 0 Å². The van der Waals surface area contributed by atoms with Crippen LogP contribution in [0.4, 0.5) is 5.69 Å². The molecule has 0 saturated carbocycles. The van der Waals surface area contributed by atoms with E-state index < -0.39 is 0 Å². The quantitative estimate of drug-likeness (QED) is 0.412. The van der Waals surface area contributed by atoms with Gasteiger partial charge in [-0.25, -0.2) is 4.99 Å². The number of aliphatic imine (C=N–C) groups is 1. The number of nitrogens with one attached hydrogen (secondary N) is 3. The van der Waals surface area contributed by atoms with Crippen molar-refractivity contribution < 1.29 is 9.53 Å². The number of amides is 1. The molecule has 7 nitrogen and oxygen atoms in total. The number of benzene rings is 1. The van der Waals surface area contributed by atoms with Gasteiger partial charge >= 0.3 is 0 Å². The molecule has 2 rings (SSSR count). The van der Waals surface area contributed by atoms with Gasteiger partial charge in [0.15, 0.2) is 5.96 Å². The Hall–Kier alpha value is -2.28. The standard InChI is InChI=1S/C22H37N5O2/c1-5-23-22(25-12-11-20(17(3)4)29-6-2)26-15-18-7-9-19(10-8-18)27-14-13-24-21(28)16-27/h7-10,17,20H,5-6,11-16H2,1-4H3,(H,24,28)(H2,23,25,26). The first kappa shape index (κ1) is 23.0. The SMILES string of the molecule is CCNC(=NCc1ccc(N2CCNC(=O)C2)cc1)NCCC(OCC)C(C)C. The van der Waals surface area contributed by atoms with Crippen LogP contribution < -0.4 is 20.9 Å². The lowest BCUT2D eigenvalue weighted by atomic mass is 10.0. The Balaban J connectivity index is 1.87. The van der Waals surface area contributed by atoms with Crippen molar-refractivity contribution in [2.45, 2.75) is 46.8 Å². The molecule has 1 aliphatic heterocycles. The number of hydrogen-bond donors (Lipinski definition) is 3. The van der Waals surface area contributed by atoms with Crippen molar-refractivity contribution in [2.75, 3.05) is 44.2 Å². The summed E-state index contributed by atoms with van der Waals surface area (Å²) >= 11 is 0. The fraction of sp³-hybridized carbons (Fsp3) is 0.636. The number of piperazine rings is 1. The van der Waals surface area contributed by atoms with Crippen LogP contribution in [0.15, 0.2) is 29.3 Å². The minimum Gasteiger partial charge on any atom is -0.378 e. The van der Waals surface area contributed by atoms with Gasteiger partial charge in [0.1, 0.15) is 0 Å². The van der Waals surface area contributed by atoms with Gasteiger partial charge in [-0.05, 0) is 43.9 Å². The minimum absolute atomic E-state index is 0.0790. The Labute approximate surface area is 175 Å². The second kappa shape index (κ2) is 12.3. The molecule has 0 aromatic heterocycles. The van der Waals surface area contributed by atoms with Crippen LogP contribution in [0, 0.1) is 5.92 Å². The summed E-state index contributed by atoms with van der Waals surface area (Å²) in [5.74, 6) is 1.40. The summed E-state index contributed by atoms with van der Waals surface area (Å²) in [4.78, 5) is 18.4. The van der Waals surface area contributed by atoms with Crippen molar-refractivity contribution in [1.82, 2.24) is 16.0 Å². The highest BCUT2D eigenvalue weighted by Crippen LogP contribution is 2.16. The largest absolute Gasteiger partial charge is 0.378 e. The number of ether oxygens (including phenoxy) is 1. The normalized spacial score (nSPS) is 16.0. The van der Waals surface area contributed by atoms with Gasteiger partial charge in [-0.3, -0.25) is 4.79 Å². The second-order valence-electron chi connectivity index (χ2n) is 7.59. The summed E-state index contributed by atoms with van der Waals surface area (Å²) < 4.78 is 5.81. The molecule has 1 unspecified atom stereocenters. The molecule has 1 aliphatic rings. The Morgan fingerprint density at radius 1 is 1.24 bits per heavy atom. The Morgan fingerprint density at radius 3 is 2.62 bits per heavy atom. The maximum atomic E-state index is 11.6. The predicted molar refractivity (Wildman–Crippen MR) is 119 cm³/mol. The monoisotopic (exact) mass is 403 g/mol. The molecule has 1 atom stereocenters. The summed E-state index contributed by atoms with van der Waals surface area (Å²) in [5, 5.41) is 9.56. The number of nitrogens with zero attached hydrogens (tertiary/aromatic N) is 2. The van der Waals surface area contributed by atoms with Crippen LogP contribution in [0.3, 0.4) is 0 Å². The van der Waals surface area contributed by atoms with Crippen molar-refractivity contribution in [3.05, 3.63) is 29.8 Å². The van der Waals surface area contributed by atoms with E-state index in [0.717, 1.165) is 49.9 Å². The van der Waals surface area contributed by atoms with Crippen LogP contribution in [-0.4, -0.2) is 57.3 Å². The third-order valence-electron chi connectivity index (χ3n) is 4.95. The van der Waals surface area contributed by atoms with E-state index in [1.165, 1.54) is 0 Å². The molecule has 1 heterocycles. The lowest BCUT2D eigenvalue weighted by Gasteiger charge is -2.28. The van der Waals surface area contributed by atoms with Crippen LogP contribution >= 0.6 is 0 Å². The van der Waals surface area contributed by atoms with Gasteiger partial charge in [0.25, 0.3) is 0 Å². The van der Waals surface area contributed by atoms with Gasteiger partial charge < -0.3 is 25.6 Å². The van der Waals surface area contributed by atoms with Gasteiger partial charge in [0.05, 0.1) is 19.2 Å². The van der Waals surface area contributed by atoms with Crippen molar-refractivity contribution in [3.63, 3.8) is 0 Å². The first-order valence-electron chi connectivity index (χ1n) is 10.8.